The van der Waals surface area contributed by atoms with E-state index in [1.807, 2.05) is 6.07 Å². The second-order valence-corrected chi connectivity index (χ2v) is 5.85. The summed E-state index contributed by atoms with van der Waals surface area (Å²) in [5.41, 5.74) is 1.47. The van der Waals surface area contributed by atoms with E-state index in [0.717, 1.165) is 12.0 Å². The van der Waals surface area contributed by atoms with Crippen LogP contribution >= 0.6 is 0 Å². The van der Waals surface area contributed by atoms with Gasteiger partial charge in [0.15, 0.2) is 0 Å². The highest BCUT2D eigenvalue weighted by molar-refractivity contribution is 5.95. The Morgan fingerprint density at radius 2 is 2.17 bits per heavy atom. The normalized spacial score (nSPS) is 19.0. The van der Waals surface area contributed by atoms with E-state index in [2.05, 4.69) is 15.3 Å². The zero-order chi connectivity index (χ0) is 16.5. The van der Waals surface area contributed by atoms with E-state index >= 15 is 0 Å². The standard InChI is InChI=1S/C18H15FN4O/c19-14-3-1-2-12(8-14)15-10-16(15)22-18(24)13-4-5-21-17(9-13)23-7-6-20-11-23/h1-9,11,15-16H,10H2,(H,22,24). The number of aromatic nitrogens is 3. The smallest absolute Gasteiger partial charge is 0.251 e. The largest absolute Gasteiger partial charge is 0.349 e. The minimum absolute atomic E-state index is 0.0455. The van der Waals surface area contributed by atoms with Gasteiger partial charge >= 0.3 is 0 Å². The average molecular weight is 322 g/mol. The van der Waals surface area contributed by atoms with Crippen LogP contribution in [0.5, 0.6) is 0 Å². The van der Waals surface area contributed by atoms with Crippen molar-refractivity contribution in [1.82, 2.24) is 19.9 Å². The van der Waals surface area contributed by atoms with Crippen molar-refractivity contribution in [3.8, 4) is 5.82 Å². The van der Waals surface area contributed by atoms with Gasteiger partial charge in [-0.1, -0.05) is 12.1 Å². The first kappa shape index (κ1) is 14.6. The number of halogens is 1. The fourth-order valence-corrected chi connectivity index (χ4v) is 2.81. The Morgan fingerprint density at radius 3 is 2.96 bits per heavy atom. The lowest BCUT2D eigenvalue weighted by atomic mass is 10.1. The van der Waals surface area contributed by atoms with Gasteiger partial charge in [0.05, 0.1) is 0 Å². The molecular formula is C18H15FN4O. The molecule has 1 N–H and O–H groups in total. The van der Waals surface area contributed by atoms with E-state index in [1.54, 1.807) is 47.7 Å². The Morgan fingerprint density at radius 1 is 1.25 bits per heavy atom. The van der Waals surface area contributed by atoms with E-state index in [-0.39, 0.29) is 23.7 Å². The maximum Gasteiger partial charge on any atom is 0.251 e. The summed E-state index contributed by atoms with van der Waals surface area (Å²) in [5.74, 6) is 0.420. The van der Waals surface area contributed by atoms with Crippen molar-refractivity contribution >= 4 is 5.91 Å². The molecule has 1 aliphatic rings. The highest BCUT2D eigenvalue weighted by Crippen LogP contribution is 2.41. The minimum Gasteiger partial charge on any atom is -0.349 e. The van der Waals surface area contributed by atoms with E-state index in [4.69, 9.17) is 0 Å². The van der Waals surface area contributed by atoms with E-state index in [0.29, 0.717) is 11.4 Å². The van der Waals surface area contributed by atoms with Gasteiger partial charge in [-0.2, -0.15) is 0 Å². The number of amides is 1. The fourth-order valence-electron chi connectivity index (χ4n) is 2.81. The summed E-state index contributed by atoms with van der Waals surface area (Å²) in [4.78, 5) is 20.6. The highest BCUT2D eigenvalue weighted by atomic mass is 19.1. The van der Waals surface area contributed by atoms with Gasteiger partial charge in [0, 0.05) is 36.1 Å². The SMILES string of the molecule is O=C(NC1CC1c1cccc(F)c1)c1ccnc(-n2ccnc2)c1. The first-order chi connectivity index (χ1) is 11.7. The zero-order valence-corrected chi connectivity index (χ0v) is 12.8. The van der Waals surface area contributed by atoms with Crippen LogP contribution in [0.3, 0.4) is 0 Å². The van der Waals surface area contributed by atoms with Crippen molar-refractivity contribution in [2.45, 2.75) is 18.4 Å². The van der Waals surface area contributed by atoms with Crippen molar-refractivity contribution < 1.29 is 9.18 Å². The van der Waals surface area contributed by atoms with Crippen LogP contribution in [0.2, 0.25) is 0 Å². The molecule has 0 aliphatic heterocycles. The molecule has 1 fully saturated rings. The van der Waals surface area contributed by atoms with Crippen molar-refractivity contribution in [1.29, 1.82) is 0 Å². The number of benzene rings is 1. The summed E-state index contributed by atoms with van der Waals surface area (Å²) in [6, 6.07) is 9.98. The molecule has 0 radical (unpaired) electrons. The summed E-state index contributed by atoms with van der Waals surface area (Å²) in [6.45, 7) is 0. The van der Waals surface area contributed by atoms with Crippen molar-refractivity contribution in [2.75, 3.05) is 0 Å². The van der Waals surface area contributed by atoms with Gasteiger partial charge in [-0.25, -0.2) is 14.4 Å². The number of carbonyl (C=O) groups is 1. The molecular weight excluding hydrogens is 307 g/mol. The Labute approximate surface area is 138 Å². The van der Waals surface area contributed by atoms with Crippen molar-refractivity contribution in [2.24, 2.45) is 0 Å². The van der Waals surface area contributed by atoms with Crippen LogP contribution in [0.4, 0.5) is 4.39 Å². The molecule has 6 heteroatoms. The number of rotatable bonds is 4. The summed E-state index contributed by atoms with van der Waals surface area (Å²) in [5, 5.41) is 3.00. The van der Waals surface area contributed by atoms with Crippen LogP contribution in [-0.2, 0) is 0 Å². The Bertz CT molecular complexity index is 878. The molecule has 0 bridgehead atoms. The van der Waals surface area contributed by atoms with Gasteiger partial charge in [-0.05, 0) is 36.2 Å². The highest BCUT2D eigenvalue weighted by Gasteiger charge is 2.39. The predicted octanol–water partition coefficient (Wildman–Crippen LogP) is 2.69. The van der Waals surface area contributed by atoms with Gasteiger partial charge in [0.25, 0.3) is 5.91 Å². The van der Waals surface area contributed by atoms with E-state index in [1.165, 1.54) is 12.1 Å². The van der Waals surface area contributed by atoms with Crippen LogP contribution in [0.1, 0.15) is 28.3 Å². The first-order valence-electron chi connectivity index (χ1n) is 7.71. The molecule has 2 unspecified atom stereocenters. The van der Waals surface area contributed by atoms with Crippen LogP contribution in [0.25, 0.3) is 5.82 Å². The summed E-state index contributed by atoms with van der Waals surface area (Å²) in [7, 11) is 0. The van der Waals surface area contributed by atoms with Crippen LogP contribution in [0.15, 0.2) is 61.3 Å². The van der Waals surface area contributed by atoms with Gasteiger partial charge in [0.1, 0.15) is 18.0 Å². The molecule has 4 rings (SSSR count). The molecule has 3 aromatic rings. The molecule has 1 aliphatic carbocycles. The van der Waals surface area contributed by atoms with E-state index < -0.39 is 0 Å². The van der Waals surface area contributed by atoms with Crippen LogP contribution < -0.4 is 5.32 Å². The molecule has 120 valence electrons. The third-order valence-corrected chi connectivity index (χ3v) is 4.16. The minimum atomic E-state index is -0.247. The van der Waals surface area contributed by atoms with Crippen molar-refractivity contribution in [3.63, 3.8) is 0 Å². The third-order valence-electron chi connectivity index (χ3n) is 4.16. The molecule has 5 nitrogen and oxygen atoms in total. The number of nitrogens with zero attached hydrogens (tertiary/aromatic N) is 3. The second-order valence-electron chi connectivity index (χ2n) is 5.85. The maximum absolute atomic E-state index is 13.3. The predicted molar refractivity (Wildman–Crippen MR) is 86.4 cm³/mol. The number of hydrogen-bond donors (Lipinski definition) is 1. The van der Waals surface area contributed by atoms with Gasteiger partial charge in [-0.3, -0.25) is 9.36 Å². The molecule has 0 saturated heterocycles. The second kappa shape index (κ2) is 5.88. The third kappa shape index (κ3) is 2.90. The molecule has 1 amide bonds. The maximum atomic E-state index is 13.3. The lowest BCUT2D eigenvalue weighted by Gasteiger charge is -2.07. The molecule has 0 spiro atoms. The lowest BCUT2D eigenvalue weighted by molar-refractivity contribution is 0.0950. The lowest BCUT2D eigenvalue weighted by Crippen LogP contribution is -2.26. The molecule has 2 aromatic heterocycles. The number of nitrogens with one attached hydrogen (secondary N) is 1. The Balaban J connectivity index is 1.45. The van der Waals surface area contributed by atoms with Crippen molar-refractivity contribution in [3.05, 3.63) is 78.3 Å². The van der Waals surface area contributed by atoms with Gasteiger partial charge < -0.3 is 5.32 Å². The molecule has 1 aromatic carbocycles. The van der Waals surface area contributed by atoms with Gasteiger partial charge in [-0.15, -0.1) is 0 Å². The first-order valence-corrected chi connectivity index (χ1v) is 7.71. The fraction of sp³-hybridized carbons (Fsp3) is 0.167. The average Bonchev–Trinajstić information content (AvgIpc) is 3.14. The van der Waals surface area contributed by atoms with Gasteiger partial charge in [0.2, 0.25) is 0 Å². The van der Waals surface area contributed by atoms with Crippen LogP contribution in [-0.4, -0.2) is 26.5 Å². The topological polar surface area (TPSA) is 59.8 Å². The van der Waals surface area contributed by atoms with Crippen LogP contribution in [0, 0.1) is 5.82 Å². The number of pyridine rings is 1. The zero-order valence-electron chi connectivity index (χ0n) is 12.8. The number of carbonyl (C=O) groups excluding carboxylic acids is 1. The number of hydrogen-bond acceptors (Lipinski definition) is 3. The Kier molecular flexibility index (Phi) is 3.57. The molecule has 2 heterocycles. The molecule has 2 atom stereocenters. The Hall–Kier alpha value is -3.02. The molecule has 24 heavy (non-hydrogen) atoms. The summed E-state index contributed by atoms with van der Waals surface area (Å²) < 4.78 is 15.0. The summed E-state index contributed by atoms with van der Waals surface area (Å²) >= 11 is 0. The number of imidazole rings is 1. The quantitative estimate of drug-likeness (QED) is 0.803. The van der Waals surface area contributed by atoms with E-state index in [9.17, 15) is 9.18 Å². The summed E-state index contributed by atoms with van der Waals surface area (Å²) in [6.07, 6.45) is 7.48. The monoisotopic (exact) mass is 322 g/mol. The molecule has 1 saturated carbocycles.